The van der Waals surface area contributed by atoms with E-state index in [2.05, 4.69) is 36.5 Å². The van der Waals surface area contributed by atoms with Gasteiger partial charge in [-0.2, -0.15) is 11.8 Å². The second-order valence-electron chi connectivity index (χ2n) is 5.44. The molecule has 0 aliphatic carbocycles. The molecule has 0 aliphatic heterocycles. The number of thioether (sulfide) groups is 2. The third-order valence-corrected chi connectivity index (χ3v) is 5.63. The minimum Gasteiger partial charge on any atom is -0.355 e. The largest absolute Gasteiger partial charge is 0.355 e. The molecule has 0 aromatic heterocycles. The molecular weight excluding hydrogens is 358 g/mol. The monoisotopic (exact) mass is 379 g/mol. The average Bonchev–Trinajstić information content (AvgIpc) is 2.56. The molecule has 0 heterocycles. The maximum atomic E-state index is 11.8. The second kappa shape index (κ2) is 10.7. The van der Waals surface area contributed by atoms with Crippen LogP contribution < -0.4 is 5.32 Å². The fourth-order valence-corrected chi connectivity index (χ4v) is 3.92. The van der Waals surface area contributed by atoms with E-state index >= 15 is 0 Å². The predicted octanol–water partition coefficient (Wildman–Crippen LogP) is 5.18. The molecule has 0 spiro atoms. The molecule has 0 saturated carbocycles. The van der Waals surface area contributed by atoms with Gasteiger partial charge in [0.1, 0.15) is 0 Å². The van der Waals surface area contributed by atoms with Crippen molar-refractivity contribution in [3.63, 3.8) is 0 Å². The van der Waals surface area contributed by atoms with Gasteiger partial charge in [-0.25, -0.2) is 0 Å². The second-order valence-corrected chi connectivity index (χ2v) is 8.15. The van der Waals surface area contributed by atoms with E-state index in [1.165, 1.54) is 11.1 Å². The zero-order valence-corrected chi connectivity index (χ0v) is 16.1. The standard InChI is InChI=1S/C19H22ClNOS2/c1-15-3-2-4-16(13-15)14-23-12-10-21-19(22)9-11-24-18-7-5-17(20)6-8-18/h2-8,13H,9-12,14H2,1H3,(H,21,22). The van der Waals surface area contributed by atoms with Gasteiger partial charge in [0, 0.05) is 40.1 Å². The average molecular weight is 380 g/mol. The highest BCUT2D eigenvalue weighted by atomic mass is 35.5. The summed E-state index contributed by atoms with van der Waals surface area (Å²) in [7, 11) is 0. The number of halogens is 1. The number of benzene rings is 2. The van der Waals surface area contributed by atoms with Crippen molar-refractivity contribution < 1.29 is 4.79 Å². The highest BCUT2D eigenvalue weighted by Crippen LogP contribution is 2.20. The molecule has 0 atom stereocenters. The van der Waals surface area contributed by atoms with Gasteiger partial charge in [-0.15, -0.1) is 11.8 Å². The molecule has 5 heteroatoms. The van der Waals surface area contributed by atoms with E-state index in [0.29, 0.717) is 6.42 Å². The number of hydrogen-bond donors (Lipinski definition) is 1. The van der Waals surface area contributed by atoms with Crippen LogP contribution >= 0.6 is 35.1 Å². The molecule has 128 valence electrons. The Labute approximate surface area is 157 Å². The van der Waals surface area contributed by atoms with Gasteiger partial charge in [-0.3, -0.25) is 4.79 Å². The SMILES string of the molecule is Cc1cccc(CSCCNC(=O)CCSc2ccc(Cl)cc2)c1. The van der Waals surface area contributed by atoms with Crippen LogP contribution in [0.25, 0.3) is 0 Å². The minimum atomic E-state index is 0.118. The first-order valence-electron chi connectivity index (χ1n) is 7.92. The summed E-state index contributed by atoms with van der Waals surface area (Å²) in [4.78, 5) is 13.0. The molecule has 0 radical (unpaired) electrons. The van der Waals surface area contributed by atoms with E-state index in [-0.39, 0.29) is 5.91 Å². The van der Waals surface area contributed by atoms with Gasteiger partial charge >= 0.3 is 0 Å². The lowest BCUT2D eigenvalue weighted by molar-refractivity contribution is -0.120. The summed E-state index contributed by atoms with van der Waals surface area (Å²) in [5, 5.41) is 3.72. The van der Waals surface area contributed by atoms with Crippen molar-refractivity contribution in [1.29, 1.82) is 0 Å². The van der Waals surface area contributed by atoms with Crippen molar-refractivity contribution in [2.24, 2.45) is 0 Å². The van der Waals surface area contributed by atoms with Crippen LogP contribution in [-0.2, 0) is 10.5 Å². The fraction of sp³-hybridized carbons (Fsp3) is 0.316. The van der Waals surface area contributed by atoms with Crippen molar-refractivity contribution in [3.8, 4) is 0 Å². The van der Waals surface area contributed by atoms with E-state index in [4.69, 9.17) is 11.6 Å². The first kappa shape index (κ1) is 19.2. The molecule has 2 aromatic rings. The van der Waals surface area contributed by atoms with Crippen LogP contribution in [0.15, 0.2) is 53.4 Å². The lowest BCUT2D eigenvalue weighted by atomic mass is 10.2. The van der Waals surface area contributed by atoms with E-state index in [0.717, 1.165) is 33.7 Å². The molecule has 24 heavy (non-hydrogen) atoms. The highest BCUT2D eigenvalue weighted by Gasteiger charge is 2.02. The predicted molar refractivity (Wildman–Crippen MR) is 107 cm³/mol. The lowest BCUT2D eigenvalue weighted by Gasteiger charge is -2.06. The Balaban J connectivity index is 1.52. The molecule has 0 saturated heterocycles. The summed E-state index contributed by atoms with van der Waals surface area (Å²) in [5.41, 5.74) is 2.63. The Hall–Kier alpha value is -1.10. The Morgan fingerprint density at radius 3 is 2.67 bits per heavy atom. The molecular formula is C19H22ClNOS2. The summed E-state index contributed by atoms with van der Waals surface area (Å²) in [6.07, 6.45) is 0.538. The number of carbonyl (C=O) groups excluding carboxylic acids is 1. The van der Waals surface area contributed by atoms with E-state index < -0.39 is 0 Å². The normalized spacial score (nSPS) is 10.6. The highest BCUT2D eigenvalue weighted by molar-refractivity contribution is 7.99. The van der Waals surface area contributed by atoms with Crippen molar-refractivity contribution in [2.45, 2.75) is 24.0 Å². The van der Waals surface area contributed by atoms with Gasteiger partial charge in [0.15, 0.2) is 0 Å². The summed E-state index contributed by atoms with van der Waals surface area (Å²) >= 11 is 9.37. The maximum absolute atomic E-state index is 11.8. The van der Waals surface area contributed by atoms with Crippen LogP contribution in [-0.4, -0.2) is 24.0 Å². The third-order valence-electron chi connectivity index (χ3n) is 3.33. The Kier molecular flexibility index (Phi) is 8.57. The minimum absolute atomic E-state index is 0.118. The molecule has 2 rings (SSSR count). The van der Waals surface area contributed by atoms with Crippen LogP contribution in [0.3, 0.4) is 0 Å². The van der Waals surface area contributed by atoms with Crippen molar-refractivity contribution >= 4 is 41.0 Å². The van der Waals surface area contributed by atoms with Gasteiger partial charge in [-0.1, -0.05) is 41.4 Å². The Morgan fingerprint density at radius 2 is 1.92 bits per heavy atom. The number of aryl methyl sites for hydroxylation is 1. The zero-order valence-electron chi connectivity index (χ0n) is 13.8. The summed E-state index contributed by atoms with van der Waals surface area (Å²) in [5.74, 6) is 2.82. The van der Waals surface area contributed by atoms with Crippen LogP contribution in [0.5, 0.6) is 0 Å². The van der Waals surface area contributed by atoms with Gasteiger partial charge < -0.3 is 5.32 Å². The first-order chi connectivity index (χ1) is 11.6. The number of rotatable bonds is 9. The molecule has 0 fully saturated rings. The van der Waals surface area contributed by atoms with Gasteiger partial charge in [0.05, 0.1) is 0 Å². The summed E-state index contributed by atoms with van der Waals surface area (Å²) in [6, 6.07) is 16.2. The number of amides is 1. The Morgan fingerprint density at radius 1 is 1.12 bits per heavy atom. The van der Waals surface area contributed by atoms with Gasteiger partial charge in [0.25, 0.3) is 0 Å². The van der Waals surface area contributed by atoms with Crippen molar-refractivity contribution in [1.82, 2.24) is 5.32 Å². The van der Waals surface area contributed by atoms with Crippen LogP contribution in [0.4, 0.5) is 0 Å². The van der Waals surface area contributed by atoms with E-state index in [1.54, 1.807) is 11.8 Å². The molecule has 1 amide bonds. The third kappa shape index (κ3) is 7.65. The van der Waals surface area contributed by atoms with Crippen LogP contribution in [0.2, 0.25) is 5.02 Å². The van der Waals surface area contributed by atoms with Gasteiger partial charge in [0.2, 0.25) is 5.91 Å². The number of nitrogens with one attached hydrogen (secondary N) is 1. The van der Waals surface area contributed by atoms with E-state index in [1.807, 2.05) is 36.0 Å². The van der Waals surface area contributed by atoms with Crippen LogP contribution in [0, 0.1) is 6.92 Å². The molecule has 0 unspecified atom stereocenters. The number of carbonyl (C=O) groups is 1. The van der Waals surface area contributed by atoms with Crippen molar-refractivity contribution in [2.75, 3.05) is 18.1 Å². The fourth-order valence-electron chi connectivity index (χ4n) is 2.14. The Bertz CT molecular complexity index is 646. The zero-order chi connectivity index (χ0) is 17.2. The summed E-state index contributed by atoms with van der Waals surface area (Å²) < 4.78 is 0. The quantitative estimate of drug-likeness (QED) is 0.480. The molecule has 0 bridgehead atoms. The smallest absolute Gasteiger partial charge is 0.220 e. The van der Waals surface area contributed by atoms with E-state index in [9.17, 15) is 4.79 Å². The molecule has 2 nitrogen and oxygen atoms in total. The maximum Gasteiger partial charge on any atom is 0.220 e. The number of hydrogen-bond acceptors (Lipinski definition) is 3. The topological polar surface area (TPSA) is 29.1 Å². The molecule has 2 aromatic carbocycles. The first-order valence-corrected chi connectivity index (χ1v) is 10.4. The molecule has 1 N–H and O–H groups in total. The summed E-state index contributed by atoms with van der Waals surface area (Å²) in [6.45, 7) is 2.83. The van der Waals surface area contributed by atoms with Crippen molar-refractivity contribution in [3.05, 3.63) is 64.7 Å². The lowest BCUT2D eigenvalue weighted by Crippen LogP contribution is -2.25. The van der Waals surface area contributed by atoms with Crippen LogP contribution in [0.1, 0.15) is 17.5 Å². The molecule has 0 aliphatic rings. The van der Waals surface area contributed by atoms with Gasteiger partial charge in [-0.05, 0) is 36.8 Å².